The zero-order valence-corrected chi connectivity index (χ0v) is 11.2. The van der Waals surface area contributed by atoms with Gasteiger partial charge in [-0.25, -0.2) is 0 Å². The summed E-state index contributed by atoms with van der Waals surface area (Å²) in [5.74, 6) is 0.729. The Kier molecular flexibility index (Phi) is 6.34. The predicted octanol–water partition coefficient (Wildman–Crippen LogP) is 2.64. The molecule has 17 heavy (non-hydrogen) atoms. The van der Waals surface area contributed by atoms with Crippen LogP contribution in [0.2, 0.25) is 5.02 Å². The maximum Gasteiger partial charge on any atom is 0.141 e. The average Bonchev–Trinajstić information content (AvgIpc) is 2.27. The largest absolute Gasteiger partial charge is 0.489 e. The summed E-state index contributed by atoms with van der Waals surface area (Å²) >= 11 is 6.10. The van der Waals surface area contributed by atoms with Gasteiger partial charge < -0.3 is 15.2 Å². The maximum absolute atomic E-state index is 6.10. The molecule has 96 valence electrons. The maximum atomic E-state index is 6.10. The molecule has 0 aliphatic heterocycles. The number of para-hydroxylation sites is 1. The van der Waals surface area contributed by atoms with E-state index in [0.717, 1.165) is 17.7 Å². The molecule has 0 radical (unpaired) electrons. The van der Waals surface area contributed by atoms with E-state index in [1.165, 1.54) is 0 Å². The predicted molar refractivity (Wildman–Crippen MR) is 70.8 cm³/mol. The molecule has 1 rings (SSSR count). The third-order valence-electron chi connectivity index (χ3n) is 2.24. The van der Waals surface area contributed by atoms with E-state index in [1.807, 2.05) is 32.0 Å². The number of hydrogen-bond acceptors (Lipinski definition) is 3. The molecule has 0 aliphatic carbocycles. The number of ether oxygens (including phenoxy) is 2. The van der Waals surface area contributed by atoms with E-state index in [4.69, 9.17) is 26.8 Å². The lowest BCUT2D eigenvalue weighted by Gasteiger charge is -2.13. The highest BCUT2D eigenvalue weighted by molar-refractivity contribution is 6.32. The van der Waals surface area contributed by atoms with Crippen LogP contribution in [-0.2, 0) is 11.2 Å². The minimum atomic E-state index is 0.216. The fourth-order valence-electron chi connectivity index (χ4n) is 1.50. The van der Waals surface area contributed by atoms with E-state index in [0.29, 0.717) is 24.8 Å². The minimum Gasteiger partial charge on any atom is -0.489 e. The smallest absolute Gasteiger partial charge is 0.141 e. The fraction of sp³-hybridized carbons (Fsp3) is 0.538. The van der Waals surface area contributed by atoms with Crippen molar-refractivity contribution in [2.24, 2.45) is 5.73 Å². The number of rotatable bonds is 7. The van der Waals surface area contributed by atoms with Gasteiger partial charge in [-0.05, 0) is 38.4 Å². The molecule has 0 saturated heterocycles. The van der Waals surface area contributed by atoms with E-state index in [2.05, 4.69) is 0 Å². The van der Waals surface area contributed by atoms with Crippen LogP contribution in [0.4, 0.5) is 0 Å². The number of halogens is 1. The van der Waals surface area contributed by atoms with Crippen molar-refractivity contribution in [3.63, 3.8) is 0 Å². The molecule has 0 spiro atoms. The van der Waals surface area contributed by atoms with Crippen molar-refractivity contribution in [3.05, 3.63) is 28.8 Å². The number of nitrogens with two attached hydrogens (primary N) is 1. The molecule has 0 bridgehead atoms. The van der Waals surface area contributed by atoms with E-state index in [-0.39, 0.29) is 6.10 Å². The van der Waals surface area contributed by atoms with E-state index < -0.39 is 0 Å². The molecule has 1 aromatic carbocycles. The highest BCUT2D eigenvalue weighted by Gasteiger charge is 2.07. The molecule has 0 aliphatic rings. The van der Waals surface area contributed by atoms with Crippen molar-refractivity contribution >= 4 is 11.6 Å². The van der Waals surface area contributed by atoms with E-state index in [9.17, 15) is 0 Å². The Morgan fingerprint density at radius 1 is 1.29 bits per heavy atom. The fourth-order valence-corrected chi connectivity index (χ4v) is 1.74. The number of benzene rings is 1. The molecule has 1 aromatic rings. The SMILES string of the molecule is CC(C)OCCOc1c(Cl)cccc1CCN. The van der Waals surface area contributed by atoms with Gasteiger partial charge in [-0.2, -0.15) is 0 Å². The highest BCUT2D eigenvalue weighted by Crippen LogP contribution is 2.28. The van der Waals surface area contributed by atoms with Crippen LogP contribution in [-0.4, -0.2) is 25.9 Å². The van der Waals surface area contributed by atoms with Crippen LogP contribution in [0.3, 0.4) is 0 Å². The molecule has 2 N–H and O–H groups in total. The summed E-state index contributed by atoms with van der Waals surface area (Å²) < 4.78 is 11.1. The van der Waals surface area contributed by atoms with Crippen molar-refractivity contribution in [2.45, 2.75) is 26.4 Å². The third kappa shape index (κ3) is 4.94. The quantitative estimate of drug-likeness (QED) is 0.764. The second-order valence-electron chi connectivity index (χ2n) is 4.03. The molecule has 0 unspecified atom stereocenters. The van der Waals surface area contributed by atoms with Crippen molar-refractivity contribution in [1.82, 2.24) is 0 Å². The molecule has 0 amide bonds. The first kappa shape index (κ1) is 14.3. The summed E-state index contributed by atoms with van der Waals surface area (Å²) in [7, 11) is 0. The van der Waals surface area contributed by atoms with Gasteiger partial charge in [0.05, 0.1) is 17.7 Å². The summed E-state index contributed by atoms with van der Waals surface area (Å²) in [5.41, 5.74) is 6.60. The Hall–Kier alpha value is -0.770. The first-order chi connectivity index (χ1) is 8.15. The molecule has 4 heteroatoms. The first-order valence-corrected chi connectivity index (χ1v) is 6.24. The van der Waals surface area contributed by atoms with Gasteiger partial charge in [-0.3, -0.25) is 0 Å². The van der Waals surface area contributed by atoms with Crippen LogP contribution >= 0.6 is 11.6 Å². The van der Waals surface area contributed by atoms with Crippen LogP contribution in [0.1, 0.15) is 19.4 Å². The van der Waals surface area contributed by atoms with Crippen LogP contribution in [0, 0.1) is 0 Å². The zero-order chi connectivity index (χ0) is 12.7. The van der Waals surface area contributed by atoms with Gasteiger partial charge in [-0.1, -0.05) is 23.7 Å². The summed E-state index contributed by atoms with van der Waals surface area (Å²) in [6.45, 7) is 5.63. The average molecular weight is 258 g/mol. The van der Waals surface area contributed by atoms with Crippen LogP contribution in [0.25, 0.3) is 0 Å². The van der Waals surface area contributed by atoms with Crippen LogP contribution < -0.4 is 10.5 Å². The minimum absolute atomic E-state index is 0.216. The normalized spacial score (nSPS) is 10.9. The second-order valence-corrected chi connectivity index (χ2v) is 4.44. The Morgan fingerprint density at radius 3 is 2.71 bits per heavy atom. The van der Waals surface area contributed by atoms with Gasteiger partial charge in [0, 0.05) is 0 Å². The van der Waals surface area contributed by atoms with Gasteiger partial charge in [0.25, 0.3) is 0 Å². The Balaban J connectivity index is 2.56. The van der Waals surface area contributed by atoms with Gasteiger partial charge in [0.15, 0.2) is 0 Å². The molecule has 0 saturated carbocycles. The van der Waals surface area contributed by atoms with Gasteiger partial charge in [0.1, 0.15) is 12.4 Å². The van der Waals surface area contributed by atoms with E-state index >= 15 is 0 Å². The Bertz CT molecular complexity index is 342. The summed E-state index contributed by atoms with van der Waals surface area (Å²) in [6, 6.07) is 5.71. The second kappa shape index (κ2) is 7.54. The monoisotopic (exact) mass is 257 g/mol. The molecule has 0 heterocycles. The van der Waals surface area contributed by atoms with Crippen LogP contribution in [0.15, 0.2) is 18.2 Å². The standard InChI is InChI=1S/C13H20ClNO2/c1-10(2)16-8-9-17-13-11(6-7-15)4-3-5-12(13)14/h3-5,10H,6-9,15H2,1-2H3. The lowest BCUT2D eigenvalue weighted by atomic mass is 10.1. The molecular weight excluding hydrogens is 238 g/mol. The molecule has 0 atom stereocenters. The summed E-state index contributed by atoms with van der Waals surface area (Å²) in [4.78, 5) is 0. The lowest BCUT2D eigenvalue weighted by Crippen LogP contribution is -2.13. The van der Waals surface area contributed by atoms with Gasteiger partial charge >= 0.3 is 0 Å². The molecule has 3 nitrogen and oxygen atoms in total. The Labute approximate surface area is 108 Å². The molecular formula is C13H20ClNO2. The first-order valence-electron chi connectivity index (χ1n) is 5.87. The highest BCUT2D eigenvalue weighted by atomic mass is 35.5. The topological polar surface area (TPSA) is 44.5 Å². The van der Waals surface area contributed by atoms with Crippen LogP contribution in [0.5, 0.6) is 5.75 Å². The van der Waals surface area contributed by atoms with Gasteiger partial charge in [0.2, 0.25) is 0 Å². The van der Waals surface area contributed by atoms with Crippen molar-refractivity contribution < 1.29 is 9.47 Å². The summed E-state index contributed by atoms with van der Waals surface area (Å²) in [6.07, 6.45) is 0.981. The van der Waals surface area contributed by atoms with Crippen molar-refractivity contribution in [3.8, 4) is 5.75 Å². The third-order valence-corrected chi connectivity index (χ3v) is 2.54. The van der Waals surface area contributed by atoms with Crippen molar-refractivity contribution in [1.29, 1.82) is 0 Å². The van der Waals surface area contributed by atoms with Gasteiger partial charge in [-0.15, -0.1) is 0 Å². The van der Waals surface area contributed by atoms with E-state index in [1.54, 1.807) is 0 Å². The lowest BCUT2D eigenvalue weighted by molar-refractivity contribution is 0.0551. The summed E-state index contributed by atoms with van der Waals surface area (Å²) in [5, 5.41) is 0.625. The molecule has 0 aromatic heterocycles. The molecule has 0 fully saturated rings. The zero-order valence-electron chi connectivity index (χ0n) is 10.4. The number of hydrogen-bond donors (Lipinski definition) is 1. The Morgan fingerprint density at radius 2 is 2.06 bits per heavy atom. The van der Waals surface area contributed by atoms with Crippen molar-refractivity contribution in [2.75, 3.05) is 19.8 Å².